The normalized spacial score (nSPS) is 9.85. The number of hydrogen-bond donors (Lipinski definition) is 2. The lowest BCUT2D eigenvalue weighted by molar-refractivity contribution is 0.145. The van der Waals surface area contributed by atoms with Crippen molar-refractivity contribution in [2.45, 2.75) is 38.5 Å². The SMILES string of the molecule is BrCCCc1ccccc1.NCCc1ccccc1.O=C(NCCc1ccccc1)OCCCc1ccccc1. The van der Waals surface area contributed by atoms with Gasteiger partial charge >= 0.3 is 6.09 Å². The van der Waals surface area contributed by atoms with Gasteiger partial charge in [0.05, 0.1) is 6.61 Å². The van der Waals surface area contributed by atoms with Gasteiger partial charge in [-0.15, -0.1) is 0 Å². The minimum Gasteiger partial charge on any atom is -0.450 e. The lowest BCUT2D eigenvalue weighted by atomic mass is 10.1. The summed E-state index contributed by atoms with van der Waals surface area (Å²) >= 11 is 3.41. The third-order valence-electron chi connectivity index (χ3n) is 5.93. The number of ether oxygens (including phenoxy) is 1. The van der Waals surface area contributed by atoms with E-state index in [9.17, 15) is 4.79 Å². The zero-order valence-electron chi connectivity index (χ0n) is 23.4. The minimum absolute atomic E-state index is 0.334. The summed E-state index contributed by atoms with van der Waals surface area (Å²) in [5.74, 6) is 0. The lowest BCUT2D eigenvalue weighted by Gasteiger charge is -2.07. The number of nitrogens with one attached hydrogen (secondary N) is 1. The van der Waals surface area contributed by atoms with Crippen LogP contribution in [0.1, 0.15) is 35.1 Å². The summed E-state index contributed by atoms with van der Waals surface area (Å²) in [4.78, 5) is 11.5. The highest BCUT2D eigenvalue weighted by Crippen LogP contribution is 2.04. The van der Waals surface area contributed by atoms with E-state index < -0.39 is 0 Å². The average molecular weight is 604 g/mol. The van der Waals surface area contributed by atoms with Gasteiger partial charge in [-0.05, 0) is 67.3 Å². The van der Waals surface area contributed by atoms with Crippen molar-refractivity contribution in [3.05, 3.63) is 144 Å². The average Bonchev–Trinajstić information content (AvgIpc) is 3.01. The third-order valence-corrected chi connectivity index (χ3v) is 6.49. The van der Waals surface area contributed by atoms with Gasteiger partial charge in [0.2, 0.25) is 0 Å². The maximum absolute atomic E-state index is 11.5. The second-order valence-corrected chi connectivity index (χ2v) is 9.98. The molecule has 0 aliphatic heterocycles. The molecule has 0 saturated heterocycles. The predicted octanol–water partition coefficient (Wildman–Crippen LogP) is 7.79. The van der Waals surface area contributed by atoms with Crippen LogP contribution >= 0.6 is 15.9 Å². The Kier molecular flexibility index (Phi) is 18.4. The monoisotopic (exact) mass is 602 g/mol. The molecule has 1 amide bonds. The van der Waals surface area contributed by atoms with Crippen molar-refractivity contribution < 1.29 is 9.53 Å². The zero-order valence-corrected chi connectivity index (χ0v) is 25.0. The molecule has 0 aliphatic rings. The molecule has 4 nitrogen and oxygen atoms in total. The second kappa shape index (κ2) is 22.4. The van der Waals surface area contributed by atoms with Gasteiger partial charge in [0.25, 0.3) is 0 Å². The molecule has 0 aliphatic carbocycles. The van der Waals surface area contributed by atoms with Gasteiger partial charge in [0, 0.05) is 11.9 Å². The summed E-state index contributed by atoms with van der Waals surface area (Å²) in [5.41, 5.74) is 10.6. The van der Waals surface area contributed by atoms with Crippen molar-refractivity contribution in [3.63, 3.8) is 0 Å². The molecule has 0 bridgehead atoms. The Balaban J connectivity index is 0.000000243. The van der Waals surface area contributed by atoms with Crippen molar-refractivity contribution in [1.82, 2.24) is 5.32 Å². The van der Waals surface area contributed by atoms with E-state index in [4.69, 9.17) is 10.5 Å². The van der Waals surface area contributed by atoms with Gasteiger partial charge in [-0.2, -0.15) is 0 Å². The quantitative estimate of drug-likeness (QED) is 0.128. The molecule has 3 N–H and O–H groups in total. The number of amides is 1. The van der Waals surface area contributed by atoms with Crippen LogP contribution in [0.15, 0.2) is 121 Å². The number of alkyl carbamates (subject to hydrolysis) is 1. The summed E-state index contributed by atoms with van der Waals surface area (Å²) in [6, 6.07) is 41.1. The van der Waals surface area contributed by atoms with Crippen LogP contribution in [0.5, 0.6) is 0 Å². The number of carbonyl (C=O) groups is 1. The summed E-state index contributed by atoms with van der Waals surface area (Å²) in [5, 5.41) is 3.87. The number of aryl methyl sites for hydroxylation is 2. The number of rotatable bonds is 12. The molecule has 5 heteroatoms. The van der Waals surface area contributed by atoms with Crippen LogP contribution in [0, 0.1) is 0 Å². The van der Waals surface area contributed by atoms with Crippen LogP contribution in [0.3, 0.4) is 0 Å². The predicted molar refractivity (Wildman–Crippen MR) is 172 cm³/mol. The van der Waals surface area contributed by atoms with Crippen LogP contribution < -0.4 is 11.1 Å². The van der Waals surface area contributed by atoms with Crippen LogP contribution in [-0.4, -0.2) is 31.1 Å². The Morgan fingerprint density at radius 2 is 1.00 bits per heavy atom. The van der Waals surface area contributed by atoms with Gasteiger partial charge in [-0.25, -0.2) is 4.79 Å². The molecule has 0 radical (unpaired) electrons. The van der Waals surface area contributed by atoms with Crippen molar-refractivity contribution >= 4 is 22.0 Å². The summed E-state index contributed by atoms with van der Waals surface area (Å²) in [6.45, 7) is 1.79. The number of alkyl halides is 1. The van der Waals surface area contributed by atoms with Crippen LogP contribution in [-0.2, 0) is 30.4 Å². The smallest absolute Gasteiger partial charge is 0.407 e. The Labute approximate surface area is 249 Å². The molecule has 0 spiro atoms. The lowest BCUT2D eigenvalue weighted by Crippen LogP contribution is -2.26. The molecule has 0 atom stereocenters. The highest BCUT2D eigenvalue weighted by molar-refractivity contribution is 9.09. The first kappa shape index (κ1) is 32.8. The molecule has 0 unspecified atom stereocenters. The van der Waals surface area contributed by atoms with E-state index in [2.05, 4.69) is 75.8 Å². The largest absolute Gasteiger partial charge is 0.450 e. The number of carbonyl (C=O) groups excluding carboxylic acids is 1. The van der Waals surface area contributed by atoms with Gasteiger partial charge in [-0.3, -0.25) is 0 Å². The van der Waals surface area contributed by atoms with E-state index in [1.807, 2.05) is 66.7 Å². The van der Waals surface area contributed by atoms with Crippen LogP contribution in [0.25, 0.3) is 0 Å². The first-order valence-electron chi connectivity index (χ1n) is 14.0. The van der Waals surface area contributed by atoms with Crippen molar-refractivity contribution in [3.8, 4) is 0 Å². The Morgan fingerprint density at radius 1 is 0.600 bits per heavy atom. The molecule has 40 heavy (non-hydrogen) atoms. The van der Waals surface area contributed by atoms with Crippen molar-refractivity contribution in [1.29, 1.82) is 0 Å². The minimum atomic E-state index is -0.334. The van der Waals surface area contributed by atoms with Gasteiger partial charge in [0.15, 0.2) is 0 Å². The maximum atomic E-state index is 11.5. The molecular weight excluding hydrogens is 560 g/mol. The second-order valence-electron chi connectivity index (χ2n) is 9.19. The number of hydrogen-bond acceptors (Lipinski definition) is 3. The molecule has 0 aromatic heterocycles. The molecule has 0 fully saturated rings. The molecule has 0 heterocycles. The summed E-state index contributed by atoms with van der Waals surface area (Å²) in [6.07, 6.45) is 5.66. The van der Waals surface area contributed by atoms with Crippen LogP contribution in [0.4, 0.5) is 4.79 Å². The van der Waals surface area contributed by atoms with E-state index in [1.54, 1.807) is 0 Å². The van der Waals surface area contributed by atoms with Crippen molar-refractivity contribution in [2.75, 3.05) is 25.0 Å². The zero-order chi connectivity index (χ0) is 28.5. The molecule has 4 rings (SSSR count). The fraction of sp³-hybridized carbons (Fsp3) is 0.286. The molecule has 212 valence electrons. The van der Waals surface area contributed by atoms with E-state index in [0.717, 1.165) is 37.6 Å². The Hall–Kier alpha value is -3.41. The highest BCUT2D eigenvalue weighted by atomic mass is 79.9. The molecule has 4 aromatic carbocycles. The first-order valence-corrected chi connectivity index (χ1v) is 15.2. The maximum Gasteiger partial charge on any atom is 0.407 e. The van der Waals surface area contributed by atoms with E-state index >= 15 is 0 Å². The van der Waals surface area contributed by atoms with Gasteiger partial charge < -0.3 is 15.8 Å². The number of halogens is 1. The van der Waals surface area contributed by atoms with E-state index in [-0.39, 0.29) is 6.09 Å². The number of benzene rings is 4. The van der Waals surface area contributed by atoms with E-state index in [0.29, 0.717) is 13.2 Å². The third kappa shape index (κ3) is 16.5. The Bertz CT molecular complexity index is 1130. The molecule has 0 saturated carbocycles. The highest BCUT2D eigenvalue weighted by Gasteiger charge is 2.01. The molecular formula is C35H43BrN2O2. The van der Waals surface area contributed by atoms with Crippen LogP contribution in [0.2, 0.25) is 0 Å². The standard InChI is InChI=1S/C18H21NO2.C9H11Br.C8H11N/c20-18(19-14-13-17-10-5-2-6-11-17)21-15-7-12-16-8-3-1-4-9-16;10-8-4-7-9-5-2-1-3-6-9;9-7-6-8-4-2-1-3-5-8/h1-6,8-11H,7,12-15H2,(H,19,20);1-3,5-6H,4,7-8H2;1-5H,6-7,9H2. The van der Waals surface area contributed by atoms with Crippen molar-refractivity contribution in [2.24, 2.45) is 5.73 Å². The topological polar surface area (TPSA) is 64.4 Å². The summed E-state index contributed by atoms with van der Waals surface area (Å²) < 4.78 is 5.15. The fourth-order valence-electron chi connectivity index (χ4n) is 3.82. The summed E-state index contributed by atoms with van der Waals surface area (Å²) in [7, 11) is 0. The van der Waals surface area contributed by atoms with Gasteiger partial charge in [-0.1, -0.05) is 137 Å². The molecule has 4 aromatic rings. The number of nitrogens with two attached hydrogens (primary N) is 1. The van der Waals surface area contributed by atoms with Gasteiger partial charge in [0.1, 0.15) is 0 Å². The first-order chi connectivity index (χ1) is 19.7. The van der Waals surface area contributed by atoms with E-state index in [1.165, 1.54) is 35.1 Å². The Morgan fingerprint density at radius 3 is 1.43 bits per heavy atom. The fourth-order valence-corrected chi connectivity index (χ4v) is 4.10.